The van der Waals surface area contributed by atoms with Crippen LogP contribution in [0.3, 0.4) is 0 Å². The standard InChI is InChI=1S/C16H31N5O3/c1-17-16(24)14-11-18(2)3-8-21(12-14)15(23)13-20-6-4-19(5-7-20)9-10-22/h14,22H,3-13H2,1-2H3,(H,17,24). The molecule has 2 N–H and O–H groups in total. The number of rotatable bonds is 5. The summed E-state index contributed by atoms with van der Waals surface area (Å²) in [5, 5.41) is 11.7. The summed E-state index contributed by atoms with van der Waals surface area (Å²) < 4.78 is 0. The highest BCUT2D eigenvalue weighted by Gasteiger charge is 2.29. The smallest absolute Gasteiger partial charge is 0.236 e. The van der Waals surface area contributed by atoms with Gasteiger partial charge in [-0.2, -0.15) is 0 Å². The van der Waals surface area contributed by atoms with Crippen LogP contribution in [0.2, 0.25) is 0 Å². The van der Waals surface area contributed by atoms with Gasteiger partial charge in [-0.25, -0.2) is 0 Å². The summed E-state index contributed by atoms with van der Waals surface area (Å²) >= 11 is 0. The normalized spacial score (nSPS) is 24.6. The molecule has 1 unspecified atom stereocenters. The van der Waals surface area contributed by atoms with Gasteiger partial charge in [-0.15, -0.1) is 0 Å². The zero-order valence-electron chi connectivity index (χ0n) is 14.9. The molecule has 138 valence electrons. The van der Waals surface area contributed by atoms with Gasteiger partial charge in [-0.3, -0.25) is 19.4 Å². The first-order chi connectivity index (χ1) is 11.5. The molecule has 24 heavy (non-hydrogen) atoms. The lowest BCUT2D eigenvalue weighted by molar-refractivity contribution is -0.134. The van der Waals surface area contributed by atoms with Crippen molar-refractivity contribution in [2.24, 2.45) is 5.92 Å². The third kappa shape index (κ3) is 5.41. The van der Waals surface area contributed by atoms with E-state index in [1.165, 1.54) is 0 Å². The number of hydrogen-bond donors (Lipinski definition) is 2. The highest BCUT2D eigenvalue weighted by molar-refractivity contribution is 5.81. The van der Waals surface area contributed by atoms with E-state index in [4.69, 9.17) is 5.11 Å². The van der Waals surface area contributed by atoms with Gasteiger partial charge in [0.25, 0.3) is 0 Å². The Morgan fingerprint density at radius 2 is 1.71 bits per heavy atom. The van der Waals surface area contributed by atoms with Gasteiger partial charge in [0.1, 0.15) is 0 Å². The number of nitrogens with zero attached hydrogens (tertiary/aromatic N) is 4. The first-order valence-electron chi connectivity index (χ1n) is 8.77. The number of likely N-dealkylation sites (N-methyl/N-ethyl adjacent to an activating group) is 1. The molecule has 2 aliphatic heterocycles. The summed E-state index contributed by atoms with van der Waals surface area (Å²) in [6.07, 6.45) is 0. The van der Waals surface area contributed by atoms with E-state index in [-0.39, 0.29) is 24.3 Å². The zero-order valence-corrected chi connectivity index (χ0v) is 14.9. The van der Waals surface area contributed by atoms with Crippen molar-refractivity contribution >= 4 is 11.8 Å². The highest BCUT2D eigenvalue weighted by Crippen LogP contribution is 2.10. The molecule has 2 saturated heterocycles. The molecule has 2 rings (SSSR count). The van der Waals surface area contributed by atoms with Crippen LogP contribution < -0.4 is 5.32 Å². The second kappa shape index (κ2) is 9.31. The Hall–Kier alpha value is -1.22. The molecular formula is C16H31N5O3. The van der Waals surface area contributed by atoms with E-state index < -0.39 is 0 Å². The fourth-order valence-corrected chi connectivity index (χ4v) is 3.37. The molecule has 0 bridgehead atoms. The Morgan fingerprint density at radius 1 is 1.04 bits per heavy atom. The molecule has 2 heterocycles. The van der Waals surface area contributed by atoms with Crippen molar-refractivity contribution in [1.82, 2.24) is 24.9 Å². The molecule has 0 aromatic carbocycles. The number of carbonyl (C=O) groups excluding carboxylic acids is 2. The van der Waals surface area contributed by atoms with Gasteiger partial charge < -0.3 is 20.2 Å². The van der Waals surface area contributed by atoms with Crippen LogP contribution >= 0.6 is 0 Å². The fourth-order valence-electron chi connectivity index (χ4n) is 3.37. The third-order valence-electron chi connectivity index (χ3n) is 4.93. The SMILES string of the molecule is CNC(=O)C1CN(C)CCN(C(=O)CN2CCN(CCO)CC2)C1. The summed E-state index contributed by atoms with van der Waals surface area (Å²) in [6.45, 7) is 7.41. The van der Waals surface area contributed by atoms with Crippen LogP contribution in [0.1, 0.15) is 0 Å². The Labute approximate surface area is 144 Å². The lowest BCUT2D eigenvalue weighted by atomic mass is 10.1. The van der Waals surface area contributed by atoms with E-state index >= 15 is 0 Å². The van der Waals surface area contributed by atoms with Crippen molar-refractivity contribution in [2.75, 3.05) is 86.1 Å². The van der Waals surface area contributed by atoms with Crippen molar-refractivity contribution in [3.63, 3.8) is 0 Å². The molecule has 1 atom stereocenters. The second-order valence-electron chi connectivity index (χ2n) is 6.75. The first kappa shape index (κ1) is 19.1. The maximum atomic E-state index is 12.7. The van der Waals surface area contributed by atoms with Crippen LogP contribution in [-0.4, -0.2) is 123 Å². The summed E-state index contributed by atoms with van der Waals surface area (Å²) in [4.78, 5) is 33.0. The first-order valence-corrected chi connectivity index (χ1v) is 8.77. The molecule has 8 nitrogen and oxygen atoms in total. The van der Waals surface area contributed by atoms with Gasteiger partial charge in [-0.1, -0.05) is 0 Å². The van der Waals surface area contributed by atoms with E-state index in [0.717, 1.165) is 32.7 Å². The molecule has 0 aliphatic carbocycles. The molecule has 0 aromatic rings. The molecule has 2 amide bonds. The second-order valence-corrected chi connectivity index (χ2v) is 6.75. The molecule has 2 aliphatic rings. The molecular weight excluding hydrogens is 310 g/mol. The van der Waals surface area contributed by atoms with E-state index in [1.807, 2.05) is 11.9 Å². The number of hydrogen-bond acceptors (Lipinski definition) is 6. The van der Waals surface area contributed by atoms with Crippen LogP contribution in [0.15, 0.2) is 0 Å². The summed E-state index contributed by atoms with van der Waals surface area (Å²) in [5.74, 6) is -0.0677. The van der Waals surface area contributed by atoms with Gasteiger partial charge in [0.2, 0.25) is 11.8 Å². The third-order valence-corrected chi connectivity index (χ3v) is 4.93. The van der Waals surface area contributed by atoms with E-state index in [0.29, 0.717) is 32.7 Å². The van der Waals surface area contributed by atoms with Crippen molar-refractivity contribution in [2.45, 2.75) is 0 Å². The Balaban J connectivity index is 1.85. The Bertz CT molecular complexity index is 426. The van der Waals surface area contributed by atoms with Gasteiger partial charge in [0.05, 0.1) is 19.1 Å². The average Bonchev–Trinajstić information content (AvgIpc) is 2.78. The summed E-state index contributed by atoms with van der Waals surface area (Å²) in [7, 11) is 3.63. The number of aliphatic hydroxyl groups excluding tert-OH is 1. The number of nitrogens with one attached hydrogen (secondary N) is 1. The van der Waals surface area contributed by atoms with Crippen molar-refractivity contribution in [3.05, 3.63) is 0 Å². The van der Waals surface area contributed by atoms with Crippen LogP contribution in [0, 0.1) is 5.92 Å². The van der Waals surface area contributed by atoms with E-state index in [1.54, 1.807) is 7.05 Å². The average molecular weight is 341 g/mol. The predicted octanol–water partition coefficient (Wildman–Crippen LogP) is -2.27. The van der Waals surface area contributed by atoms with Gasteiger partial charge in [0, 0.05) is 66.0 Å². The van der Waals surface area contributed by atoms with Crippen molar-refractivity contribution < 1.29 is 14.7 Å². The maximum absolute atomic E-state index is 12.7. The minimum atomic E-state index is -0.173. The molecule has 0 aromatic heterocycles. The quantitative estimate of drug-likeness (QED) is 0.587. The van der Waals surface area contributed by atoms with E-state index in [2.05, 4.69) is 20.0 Å². The van der Waals surface area contributed by atoms with Crippen LogP contribution in [0.25, 0.3) is 0 Å². The lowest BCUT2D eigenvalue weighted by Gasteiger charge is -2.35. The largest absolute Gasteiger partial charge is 0.395 e. The summed E-state index contributed by atoms with van der Waals surface area (Å²) in [6, 6.07) is 0. The minimum Gasteiger partial charge on any atom is -0.395 e. The number of amides is 2. The maximum Gasteiger partial charge on any atom is 0.236 e. The molecule has 0 radical (unpaired) electrons. The molecule has 0 spiro atoms. The fraction of sp³-hybridized carbons (Fsp3) is 0.875. The van der Waals surface area contributed by atoms with Crippen LogP contribution in [0.4, 0.5) is 0 Å². The minimum absolute atomic E-state index is 0.000771. The number of β-amino-alcohol motifs (C(OH)–C–C–N with tert-alkyl or cyclic N) is 1. The van der Waals surface area contributed by atoms with Crippen LogP contribution in [-0.2, 0) is 9.59 Å². The number of carbonyl (C=O) groups is 2. The highest BCUT2D eigenvalue weighted by atomic mass is 16.3. The van der Waals surface area contributed by atoms with Crippen molar-refractivity contribution in [1.29, 1.82) is 0 Å². The van der Waals surface area contributed by atoms with Gasteiger partial charge in [-0.05, 0) is 7.05 Å². The predicted molar refractivity (Wildman–Crippen MR) is 91.6 cm³/mol. The summed E-state index contributed by atoms with van der Waals surface area (Å²) in [5.41, 5.74) is 0. The van der Waals surface area contributed by atoms with E-state index in [9.17, 15) is 9.59 Å². The Morgan fingerprint density at radius 3 is 2.33 bits per heavy atom. The number of aliphatic hydroxyl groups is 1. The topological polar surface area (TPSA) is 79.4 Å². The van der Waals surface area contributed by atoms with Gasteiger partial charge in [0.15, 0.2) is 0 Å². The Kier molecular flexibility index (Phi) is 7.41. The molecule has 8 heteroatoms. The van der Waals surface area contributed by atoms with Crippen molar-refractivity contribution in [3.8, 4) is 0 Å². The number of piperazine rings is 1. The van der Waals surface area contributed by atoms with Gasteiger partial charge >= 0.3 is 0 Å². The molecule has 0 saturated carbocycles. The molecule has 2 fully saturated rings. The monoisotopic (exact) mass is 341 g/mol. The zero-order chi connectivity index (χ0) is 17.5. The van der Waals surface area contributed by atoms with Crippen LogP contribution in [0.5, 0.6) is 0 Å². The lowest BCUT2D eigenvalue weighted by Crippen LogP contribution is -2.51.